The van der Waals surface area contributed by atoms with Crippen molar-refractivity contribution in [2.45, 2.75) is 31.7 Å². The van der Waals surface area contributed by atoms with Gasteiger partial charge in [0.1, 0.15) is 11.4 Å². The molecule has 1 amide bonds. The fourth-order valence-corrected chi connectivity index (χ4v) is 3.60. The van der Waals surface area contributed by atoms with Crippen LogP contribution < -0.4 is 10.1 Å². The van der Waals surface area contributed by atoms with E-state index < -0.39 is 12.3 Å². The summed E-state index contributed by atoms with van der Waals surface area (Å²) in [6, 6.07) is 6.28. The second kappa shape index (κ2) is 9.18. The predicted octanol–water partition coefficient (Wildman–Crippen LogP) is 3.33. The van der Waals surface area contributed by atoms with Crippen molar-refractivity contribution in [1.29, 1.82) is 0 Å². The first kappa shape index (κ1) is 22.7. The molecule has 1 atom stereocenters. The van der Waals surface area contributed by atoms with Crippen LogP contribution in [0.25, 0.3) is 22.6 Å². The number of aryl methyl sites for hydroxylation is 1. The van der Waals surface area contributed by atoms with Gasteiger partial charge in [-0.2, -0.15) is 5.10 Å². The number of rotatable bonds is 7. The van der Waals surface area contributed by atoms with Crippen LogP contribution >= 0.6 is 0 Å². The highest BCUT2D eigenvalue weighted by Gasteiger charge is 2.31. The van der Waals surface area contributed by atoms with Gasteiger partial charge in [-0.25, -0.2) is 9.97 Å². The van der Waals surface area contributed by atoms with E-state index >= 15 is 0 Å². The highest BCUT2D eigenvalue weighted by atomic mass is 19.4. The largest absolute Gasteiger partial charge is 0.573 e. The van der Waals surface area contributed by atoms with Gasteiger partial charge in [0.25, 0.3) is 5.91 Å². The van der Waals surface area contributed by atoms with Crippen LogP contribution in [0.4, 0.5) is 13.2 Å². The zero-order chi connectivity index (χ0) is 23.6. The summed E-state index contributed by atoms with van der Waals surface area (Å²) in [5.74, 6) is -0.367. The summed E-state index contributed by atoms with van der Waals surface area (Å²) in [7, 11) is 1.73. The first-order valence-corrected chi connectivity index (χ1v) is 10.4. The maximum atomic E-state index is 13.0. The van der Waals surface area contributed by atoms with E-state index in [1.165, 1.54) is 30.3 Å². The van der Waals surface area contributed by atoms with Gasteiger partial charge in [-0.3, -0.25) is 9.48 Å². The van der Waals surface area contributed by atoms with Crippen molar-refractivity contribution in [1.82, 2.24) is 25.1 Å². The molecular weight excluding hydrogens is 439 g/mol. The third kappa shape index (κ3) is 5.48. The lowest BCUT2D eigenvalue weighted by molar-refractivity contribution is -0.274. The predicted molar refractivity (Wildman–Crippen MR) is 112 cm³/mol. The van der Waals surface area contributed by atoms with Gasteiger partial charge in [-0.1, -0.05) is 6.42 Å². The quantitative estimate of drug-likeness (QED) is 0.560. The van der Waals surface area contributed by atoms with Gasteiger partial charge >= 0.3 is 6.36 Å². The Bertz CT molecular complexity index is 1130. The highest BCUT2D eigenvalue weighted by molar-refractivity contribution is 5.94. The Morgan fingerprint density at radius 3 is 2.52 bits per heavy atom. The van der Waals surface area contributed by atoms with E-state index in [0.29, 0.717) is 16.8 Å². The summed E-state index contributed by atoms with van der Waals surface area (Å²) >= 11 is 0. The molecule has 11 heteroatoms. The molecule has 2 heterocycles. The van der Waals surface area contributed by atoms with E-state index in [4.69, 9.17) is 0 Å². The standard InChI is InChI=1S/C22H22F3N5O3/c1-30-11-15(10-26-30)20-27-17(14-5-7-16(8-6-14)33-22(23,24)25)9-18(28-20)21(32)29-19(12-31)13-3-2-4-13/h5-11,13,19,31H,2-4,12H2,1H3,(H,29,32). The number of alkyl halides is 3. The number of nitrogens with zero attached hydrogens (tertiary/aromatic N) is 4. The number of hydrogen-bond donors (Lipinski definition) is 2. The molecule has 1 saturated carbocycles. The first-order valence-electron chi connectivity index (χ1n) is 10.4. The van der Waals surface area contributed by atoms with Gasteiger partial charge in [0.05, 0.1) is 30.1 Å². The fraction of sp³-hybridized carbons (Fsp3) is 0.364. The molecule has 0 saturated heterocycles. The number of aliphatic hydroxyl groups excluding tert-OH is 1. The second-order valence-corrected chi connectivity index (χ2v) is 7.89. The number of aliphatic hydroxyl groups is 1. The molecule has 1 unspecified atom stereocenters. The second-order valence-electron chi connectivity index (χ2n) is 7.89. The minimum Gasteiger partial charge on any atom is -0.406 e. The number of amides is 1. The Hall–Kier alpha value is -3.47. The minimum absolute atomic E-state index is 0.0762. The van der Waals surface area contributed by atoms with Gasteiger partial charge < -0.3 is 15.2 Å². The van der Waals surface area contributed by atoms with Gasteiger partial charge in [-0.15, -0.1) is 13.2 Å². The molecule has 174 valence electrons. The molecule has 1 aliphatic rings. The Morgan fingerprint density at radius 2 is 1.97 bits per heavy atom. The van der Waals surface area contributed by atoms with Crippen LogP contribution in [0.15, 0.2) is 42.7 Å². The van der Waals surface area contributed by atoms with E-state index in [0.717, 1.165) is 19.3 Å². The van der Waals surface area contributed by atoms with Crippen LogP contribution in [0, 0.1) is 5.92 Å². The average Bonchev–Trinajstić information content (AvgIpc) is 3.17. The van der Waals surface area contributed by atoms with E-state index in [1.807, 2.05) is 0 Å². The lowest BCUT2D eigenvalue weighted by Crippen LogP contribution is -2.45. The van der Waals surface area contributed by atoms with E-state index in [2.05, 4.69) is 25.1 Å². The molecule has 1 aromatic carbocycles. The number of hydrogen-bond acceptors (Lipinski definition) is 6. The third-order valence-electron chi connectivity index (χ3n) is 5.54. The Morgan fingerprint density at radius 1 is 1.24 bits per heavy atom. The molecule has 0 aliphatic heterocycles. The number of halogens is 3. The Labute approximate surface area is 187 Å². The van der Waals surface area contributed by atoms with E-state index in [1.54, 1.807) is 24.1 Å². The highest BCUT2D eigenvalue weighted by Crippen LogP contribution is 2.30. The molecule has 0 radical (unpaired) electrons. The summed E-state index contributed by atoms with van der Waals surface area (Å²) in [5, 5.41) is 16.6. The van der Waals surface area contributed by atoms with Gasteiger partial charge in [0.15, 0.2) is 5.82 Å². The van der Waals surface area contributed by atoms with Crippen molar-refractivity contribution in [2.24, 2.45) is 13.0 Å². The van der Waals surface area contributed by atoms with Crippen LogP contribution in [0.2, 0.25) is 0 Å². The van der Waals surface area contributed by atoms with Gasteiger partial charge in [0.2, 0.25) is 0 Å². The van der Waals surface area contributed by atoms with Crippen molar-refractivity contribution < 1.29 is 27.8 Å². The normalized spacial score (nSPS) is 15.1. The molecule has 2 aromatic heterocycles. The Balaban J connectivity index is 1.67. The number of ether oxygens (including phenoxy) is 1. The van der Waals surface area contributed by atoms with Crippen molar-refractivity contribution in [2.75, 3.05) is 6.61 Å². The van der Waals surface area contributed by atoms with Gasteiger partial charge in [0, 0.05) is 18.8 Å². The van der Waals surface area contributed by atoms with Gasteiger partial charge in [-0.05, 0) is 49.1 Å². The number of benzene rings is 1. The number of nitrogens with one attached hydrogen (secondary N) is 1. The maximum Gasteiger partial charge on any atom is 0.573 e. The summed E-state index contributed by atoms with van der Waals surface area (Å²) in [4.78, 5) is 21.8. The summed E-state index contributed by atoms with van der Waals surface area (Å²) in [6.45, 7) is -0.176. The molecule has 0 spiro atoms. The molecule has 8 nitrogen and oxygen atoms in total. The monoisotopic (exact) mass is 461 g/mol. The SMILES string of the molecule is Cn1cc(-c2nc(C(=O)NC(CO)C3CCC3)cc(-c3ccc(OC(F)(F)F)cc3)n2)cn1. The number of aromatic nitrogens is 4. The number of carbonyl (C=O) groups is 1. The van der Waals surface area contributed by atoms with Crippen molar-refractivity contribution in [3.05, 3.63) is 48.4 Å². The summed E-state index contributed by atoms with van der Waals surface area (Å²) in [6.07, 6.45) is 1.38. The molecule has 1 aliphatic carbocycles. The van der Waals surface area contributed by atoms with Crippen molar-refractivity contribution in [3.63, 3.8) is 0 Å². The molecular formula is C22H22F3N5O3. The van der Waals surface area contributed by atoms with Crippen molar-refractivity contribution >= 4 is 5.91 Å². The molecule has 3 aromatic rings. The van der Waals surface area contributed by atoms with E-state index in [-0.39, 0.29) is 35.8 Å². The van der Waals surface area contributed by atoms with Crippen LogP contribution in [-0.4, -0.2) is 49.8 Å². The minimum atomic E-state index is -4.79. The molecule has 2 N–H and O–H groups in total. The van der Waals surface area contributed by atoms with Crippen LogP contribution in [-0.2, 0) is 7.05 Å². The smallest absolute Gasteiger partial charge is 0.406 e. The first-order chi connectivity index (χ1) is 15.7. The van der Waals surface area contributed by atoms with Crippen molar-refractivity contribution in [3.8, 4) is 28.4 Å². The van der Waals surface area contributed by atoms with E-state index in [9.17, 15) is 23.1 Å². The maximum absolute atomic E-state index is 13.0. The average molecular weight is 461 g/mol. The zero-order valence-corrected chi connectivity index (χ0v) is 17.7. The lowest BCUT2D eigenvalue weighted by Gasteiger charge is -2.33. The lowest BCUT2D eigenvalue weighted by atomic mass is 9.80. The summed E-state index contributed by atoms with van der Waals surface area (Å²) in [5.41, 5.74) is 1.47. The van der Waals surface area contributed by atoms with Crippen LogP contribution in [0.3, 0.4) is 0 Å². The third-order valence-corrected chi connectivity index (χ3v) is 5.54. The Kier molecular flexibility index (Phi) is 6.32. The van der Waals surface area contributed by atoms with Crippen LogP contribution in [0.5, 0.6) is 5.75 Å². The summed E-state index contributed by atoms with van der Waals surface area (Å²) < 4.78 is 42.8. The zero-order valence-electron chi connectivity index (χ0n) is 17.7. The number of carbonyl (C=O) groups excluding carboxylic acids is 1. The topological polar surface area (TPSA) is 102 Å². The molecule has 1 fully saturated rings. The molecule has 0 bridgehead atoms. The molecule has 4 rings (SSSR count). The van der Waals surface area contributed by atoms with Crippen LogP contribution in [0.1, 0.15) is 29.8 Å². The molecule has 33 heavy (non-hydrogen) atoms. The fourth-order valence-electron chi connectivity index (χ4n) is 3.60.